The van der Waals surface area contributed by atoms with E-state index in [0.717, 1.165) is 26.1 Å². The number of esters is 1. The van der Waals surface area contributed by atoms with E-state index in [1.807, 2.05) is 6.92 Å². The molecule has 1 atom stereocenters. The molecule has 0 radical (unpaired) electrons. The van der Waals surface area contributed by atoms with Gasteiger partial charge < -0.3 is 10.5 Å². The number of halogens is 1. The Labute approximate surface area is 104 Å². The minimum Gasteiger partial charge on any atom is -0.465 e. The van der Waals surface area contributed by atoms with Crippen molar-refractivity contribution < 1.29 is 9.53 Å². The average Bonchev–Trinajstić information content (AvgIpc) is 2.19. The lowest BCUT2D eigenvalue weighted by Gasteiger charge is -2.31. The molecule has 0 bridgehead atoms. The van der Waals surface area contributed by atoms with E-state index >= 15 is 0 Å². The number of nitrogens with two attached hydrogens (primary N) is 1. The van der Waals surface area contributed by atoms with Crippen molar-refractivity contribution in [3.8, 4) is 0 Å². The van der Waals surface area contributed by atoms with E-state index in [0.29, 0.717) is 19.1 Å². The van der Waals surface area contributed by atoms with Crippen molar-refractivity contribution in [2.75, 3.05) is 32.8 Å². The fourth-order valence-electron chi connectivity index (χ4n) is 2.16. The van der Waals surface area contributed by atoms with Gasteiger partial charge in [-0.25, -0.2) is 0 Å². The Balaban J connectivity index is 0.00000225. The third-order valence-electron chi connectivity index (χ3n) is 2.84. The maximum Gasteiger partial charge on any atom is 0.320 e. The summed E-state index contributed by atoms with van der Waals surface area (Å²) in [4.78, 5) is 13.5. The molecule has 0 aromatic carbocycles. The van der Waals surface area contributed by atoms with Crippen molar-refractivity contribution in [2.45, 2.75) is 26.2 Å². The van der Waals surface area contributed by atoms with Crippen LogP contribution in [0.3, 0.4) is 0 Å². The molecule has 1 aliphatic rings. The molecule has 1 unspecified atom stereocenters. The number of piperidine rings is 1. The van der Waals surface area contributed by atoms with Crippen molar-refractivity contribution in [3.63, 3.8) is 0 Å². The van der Waals surface area contributed by atoms with Crippen molar-refractivity contribution in [1.29, 1.82) is 0 Å². The number of nitrogens with zero attached hydrogens (tertiary/aromatic N) is 1. The molecule has 5 heteroatoms. The van der Waals surface area contributed by atoms with Gasteiger partial charge in [-0.15, -0.1) is 12.4 Å². The summed E-state index contributed by atoms with van der Waals surface area (Å²) in [5.41, 5.74) is 5.54. The lowest BCUT2D eigenvalue weighted by Crippen LogP contribution is -2.39. The average molecular weight is 251 g/mol. The van der Waals surface area contributed by atoms with E-state index in [4.69, 9.17) is 10.5 Å². The van der Waals surface area contributed by atoms with E-state index in [2.05, 4.69) is 4.90 Å². The minimum absolute atomic E-state index is 0. The Morgan fingerprint density at radius 2 is 2.31 bits per heavy atom. The second-order valence-electron chi connectivity index (χ2n) is 4.13. The molecule has 1 aliphatic heterocycles. The van der Waals surface area contributed by atoms with Crippen molar-refractivity contribution in [3.05, 3.63) is 0 Å². The Morgan fingerprint density at radius 3 is 2.94 bits per heavy atom. The molecule has 0 amide bonds. The van der Waals surface area contributed by atoms with Gasteiger partial charge >= 0.3 is 5.97 Å². The zero-order chi connectivity index (χ0) is 11.1. The van der Waals surface area contributed by atoms with E-state index in [9.17, 15) is 4.79 Å². The highest BCUT2D eigenvalue weighted by atomic mass is 35.5. The van der Waals surface area contributed by atoms with Crippen molar-refractivity contribution in [2.24, 2.45) is 11.7 Å². The standard InChI is InChI=1S/C11H22N2O2.ClH/c1-2-15-11(14)9-13-7-3-4-10(8-13)5-6-12;/h10H,2-9,12H2,1H3;1H. The maximum atomic E-state index is 11.3. The first-order valence-corrected chi connectivity index (χ1v) is 5.84. The summed E-state index contributed by atoms with van der Waals surface area (Å²) in [7, 11) is 0. The predicted octanol–water partition coefficient (Wildman–Crippen LogP) is 1.03. The number of carbonyl (C=O) groups is 1. The van der Waals surface area contributed by atoms with Crippen LogP contribution in [0.15, 0.2) is 0 Å². The lowest BCUT2D eigenvalue weighted by molar-refractivity contribution is -0.144. The highest BCUT2D eigenvalue weighted by Gasteiger charge is 2.21. The summed E-state index contributed by atoms with van der Waals surface area (Å²) in [5.74, 6) is 0.559. The van der Waals surface area contributed by atoms with Crippen LogP contribution in [-0.2, 0) is 9.53 Å². The van der Waals surface area contributed by atoms with Gasteiger partial charge in [0.15, 0.2) is 0 Å². The van der Waals surface area contributed by atoms with E-state index < -0.39 is 0 Å². The van der Waals surface area contributed by atoms with Gasteiger partial charge in [-0.2, -0.15) is 0 Å². The van der Waals surface area contributed by atoms with Gasteiger partial charge in [0.1, 0.15) is 0 Å². The number of carbonyl (C=O) groups excluding carboxylic acids is 1. The van der Waals surface area contributed by atoms with Crippen LogP contribution in [0, 0.1) is 5.92 Å². The fraction of sp³-hybridized carbons (Fsp3) is 0.909. The van der Waals surface area contributed by atoms with Crippen LogP contribution >= 0.6 is 12.4 Å². The van der Waals surface area contributed by atoms with Gasteiger partial charge in [0, 0.05) is 6.54 Å². The third-order valence-corrected chi connectivity index (χ3v) is 2.84. The molecule has 0 saturated carbocycles. The van der Waals surface area contributed by atoms with Gasteiger partial charge in [-0.05, 0) is 45.2 Å². The Hall–Kier alpha value is -0.320. The quantitative estimate of drug-likeness (QED) is 0.741. The van der Waals surface area contributed by atoms with Gasteiger partial charge in [-0.1, -0.05) is 0 Å². The normalized spacial score (nSPS) is 21.2. The predicted molar refractivity (Wildman–Crippen MR) is 66.7 cm³/mol. The van der Waals surface area contributed by atoms with Crippen molar-refractivity contribution in [1.82, 2.24) is 4.90 Å². The summed E-state index contributed by atoms with van der Waals surface area (Å²) < 4.78 is 4.93. The van der Waals surface area contributed by atoms with Crippen LogP contribution in [0.1, 0.15) is 26.2 Å². The highest BCUT2D eigenvalue weighted by Crippen LogP contribution is 2.18. The smallest absolute Gasteiger partial charge is 0.320 e. The largest absolute Gasteiger partial charge is 0.465 e. The molecule has 0 aromatic heterocycles. The molecule has 16 heavy (non-hydrogen) atoms. The Bertz CT molecular complexity index is 200. The topological polar surface area (TPSA) is 55.6 Å². The zero-order valence-electron chi connectivity index (χ0n) is 9.98. The molecule has 0 aliphatic carbocycles. The monoisotopic (exact) mass is 250 g/mol. The van der Waals surface area contributed by atoms with Gasteiger partial charge in [-0.3, -0.25) is 9.69 Å². The first kappa shape index (κ1) is 15.7. The lowest BCUT2D eigenvalue weighted by atomic mass is 9.95. The number of hydrogen-bond donors (Lipinski definition) is 1. The number of likely N-dealkylation sites (tertiary alicyclic amines) is 1. The van der Waals surface area contributed by atoms with Crippen LogP contribution in [-0.4, -0.2) is 43.7 Å². The number of ether oxygens (including phenoxy) is 1. The second kappa shape index (κ2) is 8.79. The molecule has 96 valence electrons. The van der Waals surface area contributed by atoms with E-state index in [-0.39, 0.29) is 18.4 Å². The van der Waals surface area contributed by atoms with Gasteiger partial charge in [0.05, 0.1) is 13.2 Å². The number of rotatable bonds is 5. The fourth-order valence-corrected chi connectivity index (χ4v) is 2.16. The zero-order valence-corrected chi connectivity index (χ0v) is 10.8. The summed E-state index contributed by atoms with van der Waals surface area (Å²) in [6, 6.07) is 0. The molecular formula is C11H23ClN2O2. The molecule has 1 heterocycles. The molecule has 4 nitrogen and oxygen atoms in total. The van der Waals surface area contributed by atoms with Gasteiger partial charge in [0.2, 0.25) is 0 Å². The molecular weight excluding hydrogens is 228 g/mol. The van der Waals surface area contributed by atoms with Crippen LogP contribution in [0.5, 0.6) is 0 Å². The summed E-state index contributed by atoms with van der Waals surface area (Å²) in [6.07, 6.45) is 3.49. The van der Waals surface area contributed by atoms with Crippen LogP contribution in [0.25, 0.3) is 0 Å². The van der Waals surface area contributed by atoms with Crippen LogP contribution in [0.2, 0.25) is 0 Å². The van der Waals surface area contributed by atoms with Crippen LogP contribution in [0.4, 0.5) is 0 Å². The summed E-state index contributed by atoms with van der Waals surface area (Å²) in [5, 5.41) is 0. The Kier molecular flexibility index (Phi) is 8.61. The highest BCUT2D eigenvalue weighted by molar-refractivity contribution is 5.85. The first-order valence-electron chi connectivity index (χ1n) is 5.84. The molecule has 1 rings (SSSR count). The third kappa shape index (κ3) is 5.68. The van der Waals surface area contributed by atoms with Crippen LogP contribution < -0.4 is 5.73 Å². The maximum absolute atomic E-state index is 11.3. The molecule has 0 spiro atoms. The second-order valence-corrected chi connectivity index (χ2v) is 4.13. The molecule has 2 N–H and O–H groups in total. The van der Waals surface area contributed by atoms with E-state index in [1.165, 1.54) is 12.8 Å². The Morgan fingerprint density at radius 1 is 1.56 bits per heavy atom. The first-order chi connectivity index (χ1) is 7.26. The number of hydrogen-bond acceptors (Lipinski definition) is 4. The minimum atomic E-state index is -0.106. The molecule has 1 saturated heterocycles. The van der Waals surface area contributed by atoms with Crippen molar-refractivity contribution >= 4 is 18.4 Å². The SMILES string of the molecule is CCOC(=O)CN1CCCC(CCN)C1.Cl. The summed E-state index contributed by atoms with van der Waals surface area (Å²) in [6.45, 7) is 5.51. The van der Waals surface area contributed by atoms with E-state index in [1.54, 1.807) is 0 Å². The van der Waals surface area contributed by atoms with Gasteiger partial charge in [0.25, 0.3) is 0 Å². The molecule has 1 fully saturated rings. The molecule has 0 aromatic rings. The summed E-state index contributed by atoms with van der Waals surface area (Å²) >= 11 is 0.